The first-order valence-corrected chi connectivity index (χ1v) is 11.2. The maximum absolute atomic E-state index is 13.1. The average Bonchev–Trinajstić information content (AvgIpc) is 2.74. The highest BCUT2D eigenvalue weighted by molar-refractivity contribution is 7.89. The molecule has 6 nitrogen and oxygen atoms in total. The molecule has 2 aromatic carbocycles. The second-order valence-electron chi connectivity index (χ2n) is 7.40. The van der Waals surface area contributed by atoms with E-state index in [9.17, 15) is 13.2 Å². The molecule has 1 amide bonds. The molecule has 1 atom stereocenters. The van der Waals surface area contributed by atoms with E-state index in [0.29, 0.717) is 25.1 Å². The standard InChI is InChI=1S/C21H25N3O3S/c25-21(23-19-8-4-11-22-14-19)17-7-3-9-20(13-17)28(26,27)24-12-10-16-5-1-2-6-18(16)15-24/h1-3,5-7,9,13,19,22H,4,8,10-12,14-15H2,(H,23,25)/t19-/m0/s1. The molecule has 2 N–H and O–H groups in total. The number of hydrogen-bond donors (Lipinski definition) is 2. The Morgan fingerprint density at radius 1 is 1.11 bits per heavy atom. The van der Waals surface area contributed by atoms with E-state index in [1.807, 2.05) is 24.3 Å². The fourth-order valence-electron chi connectivity index (χ4n) is 3.87. The van der Waals surface area contributed by atoms with Crippen LogP contribution >= 0.6 is 0 Å². The Balaban J connectivity index is 1.52. The number of carbonyl (C=O) groups is 1. The summed E-state index contributed by atoms with van der Waals surface area (Å²) in [5.74, 6) is -0.227. The fourth-order valence-corrected chi connectivity index (χ4v) is 5.33. The summed E-state index contributed by atoms with van der Waals surface area (Å²) in [5, 5.41) is 6.26. The van der Waals surface area contributed by atoms with Gasteiger partial charge in [-0.2, -0.15) is 4.31 Å². The lowest BCUT2D eigenvalue weighted by Crippen LogP contribution is -2.45. The molecule has 0 radical (unpaired) electrons. The van der Waals surface area contributed by atoms with Gasteiger partial charge < -0.3 is 10.6 Å². The van der Waals surface area contributed by atoms with Gasteiger partial charge in [-0.3, -0.25) is 4.79 Å². The molecule has 0 aliphatic carbocycles. The van der Waals surface area contributed by atoms with Crippen LogP contribution in [0.2, 0.25) is 0 Å². The van der Waals surface area contributed by atoms with Crippen LogP contribution in [0.1, 0.15) is 34.3 Å². The molecule has 2 heterocycles. The van der Waals surface area contributed by atoms with Crippen molar-refractivity contribution in [2.45, 2.75) is 36.7 Å². The molecule has 28 heavy (non-hydrogen) atoms. The van der Waals surface area contributed by atoms with E-state index in [0.717, 1.165) is 31.5 Å². The summed E-state index contributed by atoms with van der Waals surface area (Å²) in [5.41, 5.74) is 2.61. The van der Waals surface area contributed by atoms with Crippen LogP contribution in [0.4, 0.5) is 0 Å². The van der Waals surface area contributed by atoms with E-state index in [2.05, 4.69) is 10.6 Å². The Bertz CT molecular complexity index is 968. The van der Waals surface area contributed by atoms with Gasteiger partial charge in [0.2, 0.25) is 10.0 Å². The minimum atomic E-state index is -3.65. The molecule has 0 spiro atoms. The van der Waals surface area contributed by atoms with Crippen molar-refractivity contribution in [2.75, 3.05) is 19.6 Å². The van der Waals surface area contributed by atoms with E-state index in [4.69, 9.17) is 0 Å². The predicted octanol–water partition coefficient (Wildman–Crippen LogP) is 1.92. The molecule has 2 aliphatic heterocycles. The zero-order valence-corrected chi connectivity index (χ0v) is 16.5. The summed E-state index contributed by atoms with van der Waals surface area (Å²) in [6.45, 7) is 2.53. The third-order valence-electron chi connectivity index (χ3n) is 5.46. The van der Waals surface area contributed by atoms with Crippen molar-refractivity contribution in [1.29, 1.82) is 0 Å². The van der Waals surface area contributed by atoms with Crippen LogP contribution in [-0.4, -0.2) is 44.3 Å². The van der Waals surface area contributed by atoms with Gasteiger partial charge in [-0.1, -0.05) is 30.3 Å². The van der Waals surface area contributed by atoms with Gasteiger partial charge in [-0.25, -0.2) is 8.42 Å². The molecule has 0 aromatic heterocycles. The first kappa shape index (κ1) is 19.1. The lowest BCUT2D eigenvalue weighted by Gasteiger charge is -2.28. The van der Waals surface area contributed by atoms with E-state index < -0.39 is 10.0 Å². The third kappa shape index (κ3) is 3.97. The fraction of sp³-hybridized carbons (Fsp3) is 0.381. The predicted molar refractivity (Wildman–Crippen MR) is 108 cm³/mol. The third-order valence-corrected chi connectivity index (χ3v) is 7.30. The zero-order valence-electron chi connectivity index (χ0n) is 15.7. The van der Waals surface area contributed by atoms with Gasteiger partial charge in [0.25, 0.3) is 5.91 Å². The minimum absolute atomic E-state index is 0.0834. The van der Waals surface area contributed by atoms with Crippen molar-refractivity contribution in [3.05, 3.63) is 65.2 Å². The summed E-state index contributed by atoms with van der Waals surface area (Å²) < 4.78 is 27.8. The van der Waals surface area contributed by atoms with Gasteiger partial charge >= 0.3 is 0 Å². The van der Waals surface area contributed by atoms with Gasteiger partial charge in [-0.05, 0) is 55.1 Å². The molecule has 2 aliphatic rings. The van der Waals surface area contributed by atoms with Gasteiger partial charge in [0.15, 0.2) is 0 Å². The summed E-state index contributed by atoms with van der Waals surface area (Å²) in [6.07, 6.45) is 2.66. The number of nitrogens with one attached hydrogen (secondary N) is 2. The van der Waals surface area contributed by atoms with Crippen molar-refractivity contribution in [2.24, 2.45) is 0 Å². The number of rotatable bonds is 4. The first-order chi connectivity index (χ1) is 13.5. The zero-order chi connectivity index (χ0) is 19.6. The quantitative estimate of drug-likeness (QED) is 0.823. The van der Waals surface area contributed by atoms with Crippen LogP contribution in [0.3, 0.4) is 0 Å². The first-order valence-electron chi connectivity index (χ1n) is 9.72. The molecule has 0 saturated carbocycles. The van der Waals surface area contributed by atoms with Crippen molar-refractivity contribution < 1.29 is 13.2 Å². The summed E-state index contributed by atoms with van der Waals surface area (Å²) >= 11 is 0. The number of benzene rings is 2. The number of hydrogen-bond acceptors (Lipinski definition) is 4. The molecular weight excluding hydrogens is 374 g/mol. The van der Waals surface area contributed by atoms with Crippen LogP contribution in [0, 0.1) is 0 Å². The number of piperidine rings is 1. The van der Waals surface area contributed by atoms with Gasteiger partial charge in [0.1, 0.15) is 0 Å². The molecule has 1 fully saturated rings. The van der Waals surface area contributed by atoms with E-state index in [1.54, 1.807) is 18.2 Å². The Kier molecular flexibility index (Phi) is 5.48. The van der Waals surface area contributed by atoms with E-state index in [1.165, 1.54) is 15.9 Å². The van der Waals surface area contributed by atoms with Crippen LogP contribution in [-0.2, 0) is 23.0 Å². The molecule has 2 aromatic rings. The monoisotopic (exact) mass is 399 g/mol. The van der Waals surface area contributed by atoms with Crippen molar-refractivity contribution in [3.8, 4) is 0 Å². The summed E-state index contributed by atoms with van der Waals surface area (Å²) in [4.78, 5) is 12.8. The van der Waals surface area contributed by atoms with Gasteiger partial charge in [-0.15, -0.1) is 0 Å². The van der Waals surface area contributed by atoms with Crippen LogP contribution in [0.25, 0.3) is 0 Å². The Labute approximate surface area is 166 Å². The Hall–Kier alpha value is -2.22. The van der Waals surface area contributed by atoms with Crippen LogP contribution in [0.5, 0.6) is 0 Å². The Morgan fingerprint density at radius 3 is 2.71 bits per heavy atom. The van der Waals surface area contributed by atoms with Gasteiger partial charge in [0.05, 0.1) is 4.90 Å². The molecule has 4 rings (SSSR count). The van der Waals surface area contributed by atoms with Crippen molar-refractivity contribution >= 4 is 15.9 Å². The van der Waals surface area contributed by atoms with E-state index >= 15 is 0 Å². The highest BCUT2D eigenvalue weighted by Crippen LogP contribution is 2.25. The SMILES string of the molecule is O=C(N[C@H]1CCCNC1)c1cccc(S(=O)(=O)N2CCc3ccccc3C2)c1. The summed E-state index contributed by atoms with van der Waals surface area (Å²) in [6, 6.07) is 14.4. The minimum Gasteiger partial charge on any atom is -0.348 e. The van der Waals surface area contributed by atoms with Crippen LogP contribution in [0.15, 0.2) is 53.4 Å². The lowest BCUT2D eigenvalue weighted by atomic mass is 10.0. The van der Waals surface area contributed by atoms with Crippen molar-refractivity contribution in [3.63, 3.8) is 0 Å². The second-order valence-corrected chi connectivity index (χ2v) is 9.34. The van der Waals surface area contributed by atoms with Gasteiger partial charge in [0, 0.05) is 31.2 Å². The average molecular weight is 400 g/mol. The molecule has 7 heteroatoms. The topological polar surface area (TPSA) is 78.5 Å². The number of amides is 1. The molecule has 0 bridgehead atoms. The lowest BCUT2D eigenvalue weighted by molar-refractivity contribution is 0.0930. The van der Waals surface area contributed by atoms with Crippen molar-refractivity contribution in [1.82, 2.24) is 14.9 Å². The highest BCUT2D eigenvalue weighted by atomic mass is 32.2. The maximum Gasteiger partial charge on any atom is 0.251 e. The van der Waals surface area contributed by atoms with Crippen LogP contribution < -0.4 is 10.6 Å². The number of fused-ring (bicyclic) bond motifs is 1. The highest BCUT2D eigenvalue weighted by Gasteiger charge is 2.29. The molecule has 148 valence electrons. The Morgan fingerprint density at radius 2 is 1.93 bits per heavy atom. The molecule has 1 saturated heterocycles. The molecule has 0 unspecified atom stereocenters. The number of carbonyl (C=O) groups excluding carboxylic acids is 1. The second kappa shape index (κ2) is 8.03. The maximum atomic E-state index is 13.1. The smallest absolute Gasteiger partial charge is 0.251 e. The number of nitrogens with zero attached hydrogens (tertiary/aromatic N) is 1. The molecular formula is C21H25N3O3S. The number of sulfonamides is 1. The summed E-state index contributed by atoms with van der Waals surface area (Å²) in [7, 11) is -3.65. The normalized spacial score (nSPS) is 20.4. The van der Waals surface area contributed by atoms with E-state index in [-0.39, 0.29) is 16.8 Å². The largest absolute Gasteiger partial charge is 0.348 e.